The van der Waals surface area contributed by atoms with E-state index in [-0.39, 0.29) is 5.91 Å². The largest absolute Gasteiger partial charge is 0.384 e. The van der Waals surface area contributed by atoms with Crippen molar-refractivity contribution in [1.29, 1.82) is 0 Å². The third-order valence-corrected chi connectivity index (χ3v) is 5.20. The van der Waals surface area contributed by atoms with Crippen molar-refractivity contribution in [3.63, 3.8) is 0 Å². The van der Waals surface area contributed by atoms with Gasteiger partial charge in [-0.05, 0) is 53.8 Å². The van der Waals surface area contributed by atoms with Crippen LogP contribution in [0.3, 0.4) is 0 Å². The molecule has 1 unspecified atom stereocenters. The first kappa shape index (κ1) is 15.4. The van der Waals surface area contributed by atoms with Crippen molar-refractivity contribution >= 4 is 11.6 Å². The van der Waals surface area contributed by atoms with E-state index in [1.165, 1.54) is 22.3 Å². The van der Waals surface area contributed by atoms with Gasteiger partial charge in [0.25, 0.3) is 0 Å². The first-order valence-corrected chi connectivity index (χ1v) is 8.44. The minimum atomic E-state index is -0.462. The van der Waals surface area contributed by atoms with E-state index >= 15 is 0 Å². The third-order valence-electron chi connectivity index (χ3n) is 5.20. The van der Waals surface area contributed by atoms with Crippen LogP contribution in [0.15, 0.2) is 42.5 Å². The molecular weight excluding hydrogens is 300 g/mol. The number of methoxy groups -OCH3 is 1. The van der Waals surface area contributed by atoms with Gasteiger partial charge < -0.3 is 15.4 Å². The minimum Gasteiger partial charge on any atom is -0.384 e. The Kier molecular flexibility index (Phi) is 3.87. The molecule has 1 saturated heterocycles. The predicted octanol–water partition coefficient (Wildman–Crippen LogP) is 2.82. The molecule has 4 rings (SSSR count). The lowest BCUT2D eigenvalue weighted by molar-refractivity contribution is -0.127. The van der Waals surface area contributed by atoms with Gasteiger partial charge in [0.2, 0.25) is 5.91 Å². The molecule has 1 fully saturated rings. The fraction of sp³-hybridized carbons (Fsp3) is 0.350. The van der Waals surface area contributed by atoms with Gasteiger partial charge in [-0.1, -0.05) is 30.3 Å². The molecule has 1 aliphatic heterocycles. The van der Waals surface area contributed by atoms with E-state index in [2.05, 4.69) is 47.0 Å². The average Bonchev–Trinajstić information content (AvgIpc) is 3.20. The van der Waals surface area contributed by atoms with Crippen LogP contribution in [-0.2, 0) is 16.0 Å². The molecule has 0 bridgehead atoms. The van der Waals surface area contributed by atoms with Crippen LogP contribution in [0.2, 0.25) is 0 Å². The number of rotatable bonds is 4. The van der Waals surface area contributed by atoms with Gasteiger partial charge in [0, 0.05) is 19.3 Å². The van der Waals surface area contributed by atoms with E-state index < -0.39 is 5.41 Å². The van der Waals surface area contributed by atoms with Crippen molar-refractivity contribution < 1.29 is 9.53 Å². The second-order valence-corrected chi connectivity index (χ2v) is 6.80. The third kappa shape index (κ3) is 2.52. The topological polar surface area (TPSA) is 50.4 Å². The van der Waals surface area contributed by atoms with Crippen molar-refractivity contribution in [3.8, 4) is 11.1 Å². The highest BCUT2D eigenvalue weighted by molar-refractivity contribution is 5.96. The number of carbonyl (C=O) groups is 1. The Hall–Kier alpha value is -2.17. The van der Waals surface area contributed by atoms with Crippen LogP contribution >= 0.6 is 0 Å². The maximum Gasteiger partial charge on any atom is 0.234 e. The van der Waals surface area contributed by atoms with Crippen molar-refractivity contribution in [3.05, 3.63) is 53.6 Å². The molecule has 2 aliphatic rings. The second-order valence-electron chi connectivity index (χ2n) is 6.80. The molecule has 0 spiro atoms. The van der Waals surface area contributed by atoms with Crippen LogP contribution in [0, 0.1) is 5.41 Å². The molecular formula is C20H22N2O2. The molecule has 4 heteroatoms. The van der Waals surface area contributed by atoms with Crippen molar-refractivity contribution in [2.24, 2.45) is 5.41 Å². The molecule has 1 amide bonds. The molecule has 2 aromatic rings. The van der Waals surface area contributed by atoms with Crippen molar-refractivity contribution in [1.82, 2.24) is 5.32 Å². The van der Waals surface area contributed by atoms with E-state index in [1.807, 2.05) is 6.07 Å². The highest BCUT2D eigenvalue weighted by atomic mass is 16.5. The average molecular weight is 322 g/mol. The van der Waals surface area contributed by atoms with Gasteiger partial charge in [0.05, 0.1) is 12.0 Å². The quantitative estimate of drug-likeness (QED) is 0.776. The number of ether oxygens (including phenoxy) is 1. The number of carbonyl (C=O) groups excluding carboxylic acids is 1. The van der Waals surface area contributed by atoms with Gasteiger partial charge in [-0.25, -0.2) is 0 Å². The summed E-state index contributed by atoms with van der Waals surface area (Å²) in [5.74, 6) is 0.0461. The Labute approximate surface area is 142 Å². The van der Waals surface area contributed by atoms with Crippen LogP contribution in [-0.4, -0.2) is 32.7 Å². The molecule has 1 atom stereocenters. The van der Waals surface area contributed by atoms with Gasteiger partial charge >= 0.3 is 0 Å². The fourth-order valence-corrected chi connectivity index (χ4v) is 3.89. The summed E-state index contributed by atoms with van der Waals surface area (Å²) in [7, 11) is 1.65. The van der Waals surface area contributed by atoms with Crippen LogP contribution < -0.4 is 10.6 Å². The molecule has 2 aromatic carbocycles. The minimum absolute atomic E-state index is 0.0461. The molecule has 1 aliphatic carbocycles. The van der Waals surface area contributed by atoms with E-state index in [0.29, 0.717) is 13.2 Å². The van der Waals surface area contributed by atoms with E-state index in [1.54, 1.807) is 7.11 Å². The smallest absolute Gasteiger partial charge is 0.234 e. The lowest BCUT2D eigenvalue weighted by Gasteiger charge is -2.26. The van der Waals surface area contributed by atoms with Gasteiger partial charge in [0.1, 0.15) is 0 Å². The van der Waals surface area contributed by atoms with Gasteiger partial charge in [-0.2, -0.15) is 0 Å². The van der Waals surface area contributed by atoms with Crippen LogP contribution in [0.5, 0.6) is 0 Å². The van der Waals surface area contributed by atoms with Crippen LogP contribution in [0.1, 0.15) is 17.5 Å². The highest BCUT2D eigenvalue weighted by Gasteiger charge is 2.41. The van der Waals surface area contributed by atoms with Crippen molar-refractivity contribution in [2.45, 2.75) is 12.8 Å². The number of fused-ring (bicyclic) bond motifs is 3. The summed E-state index contributed by atoms with van der Waals surface area (Å²) in [5.41, 5.74) is 5.62. The zero-order chi connectivity index (χ0) is 16.6. The number of amides is 1. The molecule has 0 aromatic heterocycles. The number of hydrogen-bond acceptors (Lipinski definition) is 3. The molecule has 0 radical (unpaired) electrons. The van der Waals surface area contributed by atoms with Crippen molar-refractivity contribution in [2.75, 3.05) is 32.1 Å². The summed E-state index contributed by atoms with van der Waals surface area (Å²) in [4.78, 5) is 12.8. The molecule has 24 heavy (non-hydrogen) atoms. The Bertz CT molecular complexity index is 779. The normalized spacial score (nSPS) is 21.4. The first-order valence-electron chi connectivity index (χ1n) is 8.44. The predicted molar refractivity (Wildman–Crippen MR) is 95.1 cm³/mol. The Balaban J connectivity index is 1.56. The summed E-state index contributed by atoms with van der Waals surface area (Å²) < 4.78 is 5.30. The Morgan fingerprint density at radius 3 is 2.83 bits per heavy atom. The summed E-state index contributed by atoms with van der Waals surface area (Å²) in [6.07, 6.45) is 1.74. The highest BCUT2D eigenvalue weighted by Crippen LogP contribution is 2.38. The SMILES string of the molecule is COCC1(C(=O)Nc2ccc3c(c2)Cc2ccccc2-3)CCNC1. The summed E-state index contributed by atoms with van der Waals surface area (Å²) in [6, 6.07) is 14.7. The van der Waals surface area contributed by atoms with Crippen LogP contribution in [0.4, 0.5) is 5.69 Å². The maximum absolute atomic E-state index is 12.8. The van der Waals surface area contributed by atoms with E-state index in [4.69, 9.17) is 4.74 Å². The Morgan fingerprint density at radius 2 is 2.04 bits per heavy atom. The van der Waals surface area contributed by atoms with Gasteiger partial charge in [-0.15, -0.1) is 0 Å². The van der Waals surface area contributed by atoms with E-state index in [0.717, 1.165) is 25.1 Å². The van der Waals surface area contributed by atoms with Gasteiger partial charge in [-0.3, -0.25) is 4.79 Å². The standard InChI is InChI=1S/C20H22N2O2/c1-24-13-20(8-9-21-12-20)19(23)22-16-6-7-18-15(11-16)10-14-4-2-3-5-17(14)18/h2-7,11,21H,8-10,12-13H2,1H3,(H,22,23). The lowest BCUT2D eigenvalue weighted by atomic mass is 9.87. The number of hydrogen-bond donors (Lipinski definition) is 2. The molecule has 0 saturated carbocycles. The molecule has 124 valence electrons. The number of nitrogens with one attached hydrogen (secondary N) is 2. The number of benzene rings is 2. The molecule has 4 nitrogen and oxygen atoms in total. The van der Waals surface area contributed by atoms with Gasteiger partial charge in [0.15, 0.2) is 0 Å². The summed E-state index contributed by atoms with van der Waals surface area (Å²) in [5, 5.41) is 6.38. The van der Waals surface area contributed by atoms with E-state index in [9.17, 15) is 4.79 Å². The fourth-order valence-electron chi connectivity index (χ4n) is 3.89. The lowest BCUT2D eigenvalue weighted by Crippen LogP contribution is -2.41. The molecule has 1 heterocycles. The van der Waals surface area contributed by atoms with Crippen LogP contribution in [0.25, 0.3) is 11.1 Å². The summed E-state index contributed by atoms with van der Waals surface area (Å²) >= 11 is 0. The monoisotopic (exact) mass is 322 g/mol. The summed E-state index contributed by atoms with van der Waals surface area (Å²) in [6.45, 7) is 1.97. The maximum atomic E-state index is 12.8. The first-order chi connectivity index (χ1) is 11.7. The zero-order valence-corrected chi connectivity index (χ0v) is 13.9. The zero-order valence-electron chi connectivity index (χ0n) is 13.9. The Morgan fingerprint density at radius 1 is 1.21 bits per heavy atom. The second kappa shape index (κ2) is 6.04. The number of anilines is 1. The molecule has 2 N–H and O–H groups in total.